The molecule has 0 spiro atoms. The minimum absolute atomic E-state index is 0.111. The number of hydrogen-bond donors (Lipinski definition) is 3. The van der Waals surface area contributed by atoms with Crippen molar-refractivity contribution >= 4 is 12.1 Å². The second-order valence-corrected chi connectivity index (χ2v) is 5.87. The van der Waals surface area contributed by atoms with Crippen LogP contribution in [0.1, 0.15) is 16.1 Å². The van der Waals surface area contributed by atoms with Gasteiger partial charge in [-0.25, -0.2) is 5.43 Å². The van der Waals surface area contributed by atoms with Crippen molar-refractivity contribution in [2.24, 2.45) is 5.10 Å². The third-order valence-corrected chi connectivity index (χ3v) is 4.09. The van der Waals surface area contributed by atoms with Gasteiger partial charge in [-0.15, -0.1) is 0 Å². The van der Waals surface area contributed by atoms with Crippen molar-refractivity contribution in [3.05, 3.63) is 53.7 Å². The Kier molecular flexibility index (Phi) is 5.98. The summed E-state index contributed by atoms with van der Waals surface area (Å²) in [5.74, 6) is 0.634. The normalized spacial score (nSPS) is 10.7. The summed E-state index contributed by atoms with van der Waals surface area (Å²) >= 11 is 0. The number of phenols is 1. The molecule has 9 nitrogen and oxygen atoms in total. The molecule has 3 rings (SSSR count). The molecule has 0 saturated heterocycles. The lowest BCUT2D eigenvalue weighted by Gasteiger charge is -2.09. The predicted octanol–water partition coefficient (Wildman–Crippen LogP) is 2.57. The highest BCUT2D eigenvalue weighted by Crippen LogP contribution is 2.36. The monoisotopic (exact) mass is 396 g/mol. The highest BCUT2D eigenvalue weighted by Gasteiger charge is 2.12. The Labute approximate surface area is 166 Å². The molecule has 1 amide bonds. The van der Waals surface area contributed by atoms with Gasteiger partial charge in [-0.2, -0.15) is 10.2 Å². The van der Waals surface area contributed by atoms with Crippen molar-refractivity contribution in [3.63, 3.8) is 0 Å². The summed E-state index contributed by atoms with van der Waals surface area (Å²) in [6.07, 6.45) is 1.41. The van der Waals surface area contributed by atoms with E-state index in [9.17, 15) is 9.90 Å². The number of methoxy groups -OCH3 is 3. The molecule has 9 heteroatoms. The Morgan fingerprint density at radius 1 is 1.07 bits per heavy atom. The van der Waals surface area contributed by atoms with Crippen LogP contribution in [0.4, 0.5) is 0 Å². The van der Waals surface area contributed by atoms with Gasteiger partial charge in [0.1, 0.15) is 11.4 Å². The van der Waals surface area contributed by atoms with Crippen LogP contribution in [-0.4, -0.2) is 48.8 Å². The Bertz CT molecular complexity index is 1000. The highest BCUT2D eigenvalue weighted by atomic mass is 16.5. The van der Waals surface area contributed by atoms with Gasteiger partial charge in [0.05, 0.1) is 33.2 Å². The van der Waals surface area contributed by atoms with E-state index in [1.54, 1.807) is 25.3 Å². The van der Waals surface area contributed by atoms with E-state index in [0.29, 0.717) is 11.3 Å². The summed E-state index contributed by atoms with van der Waals surface area (Å²) in [5.41, 5.74) is 4.70. The van der Waals surface area contributed by atoms with Gasteiger partial charge < -0.3 is 19.3 Å². The largest absolute Gasteiger partial charge is 0.502 e. The fourth-order valence-corrected chi connectivity index (χ4v) is 2.56. The standard InChI is InChI=1S/C20H20N4O5/c1-27-14-6-4-13(5-7-14)15-10-16(23-22-15)20(26)24-21-11-12-8-17(28-2)19(25)18(9-12)29-3/h4-11,25H,1-3H3,(H,22,23)(H,24,26)/b21-11+. The minimum atomic E-state index is -0.453. The summed E-state index contributed by atoms with van der Waals surface area (Å²) in [5, 5.41) is 20.7. The van der Waals surface area contributed by atoms with Crippen LogP contribution in [0.3, 0.4) is 0 Å². The highest BCUT2D eigenvalue weighted by molar-refractivity contribution is 5.94. The second-order valence-electron chi connectivity index (χ2n) is 5.87. The number of nitrogens with zero attached hydrogens (tertiary/aromatic N) is 2. The van der Waals surface area contributed by atoms with Crippen molar-refractivity contribution in [2.75, 3.05) is 21.3 Å². The number of rotatable bonds is 7. The number of hydrogen-bond acceptors (Lipinski definition) is 7. The molecule has 29 heavy (non-hydrogen) atoms. The average Bonchev–Trinajstić information content (AvgIpc) is 3.25. The van der Waals surface area contributed by atoms with Crippen LogP contribution in [0.2, 0.25) is 0 Å². The molecule has 0 aliphatic rings. The van der Waals surface area contributed by atoms with Crippen LogP contribution in [0.25, 0.3) is 11.3 Å². The first-order valence-electron chi connectivity index (χ1n) is 8.54. The quantitative estimate of drug-likeness (QED) is 0.417. The van der Waals surface area contributed by atoms with Gasteiger partial charge in [-0.1, -0.05) is 0 Å². The van der Waals surface area contributed by atoms with Gasteiger partial charge in [0.2, 0.25) is 5.75 Å². The number of carbonyl (C=O) groups is 1. The van der Waals surface area contributed by atoms with Crippen LogP contribution in [0.15, 0.2) is 47.6 Å². The lowest BCUT2D eigenvalue weighted by atomic mass is 10.1. The number of nitrogens with one attached hydrogen (secondary N) is 2. The van der Waals surface area contributed by atoms with Gasteiger partial charge in [0.25, 0.3) is 5.91 Å². The van der Waals surface area contributed by atoms with Crippen molar-refractivity contribution in [2.45, 2.75) is 0 Å². The van der Waals surface area contributed by atoms with E-state index in [1.165, 1.54) is 20.4 Å². The summed E-state index contributed by atoms with van der Waals surface area (Å²) < 4.78 is 15.3. The van der Waals surface area contributed by atoms with Crippen molar-refractivity contribution < 1.29 is 24.1 Å². The zero-order chi connectivity index (χ0) is 20.8. The van der Waals surface area contributed by atoms with E-state index in [0.717, 1.165) is 11.3 Å². The summed E-state index contributed by atoms with van der Waals surface area (Å²) in [6.45, 7) is 0. The first kappa shape index (κ1) is 19.7. The van der Waals surface area contributed by atoms with E-state index in [2.05, 4.69) is 20.7 Å². The zero-order valence-corrected chi connectivity index (χ0v) is 16.1. The number of benzene rings is 2. The maximum atomic E-state index is 12.3. The maximum Gasteiger partial charge on any atom is 0.289 e. The third-order valence-electron chi connectivity index (χ3n) is 4.09. The first-order chi connectivity index (χ1) is 14.0. The Morgan fingerprint density at radius 3 is 2.31 bits per heavy atom. The first-order valence-corrected chi connectivity index (χ1v) is 8.54. The lowest BCUT2D eigenvalue weighted by Crippen LogP contribution is -2.18. The van der Waals surface area contributed by atoms with E-state index < -0.39 is 5.91 Å². The molecule has 0 saturated carbocycles. The van der Waals surface area contributed by atoms with Gasteiger partial charge >= 0.3 is 0 Å². The Hall–Kier alpha value is -4.01. The van der Waals surface area contributed by atoms with Crippen molar-refractivity contribution in [1.82, 2.24) is 15.6 Å². The molecule has 0 bridgehead atoms. The molecule has 1 heterocycles. The fraction of sp³-hybridized carbons (Fsp3) is 0.150. The summed E-state index contributed by atoms with van der Waals surface area (Å²) in [4.78, 5) is 12.3. The van der Waals surface area contributed by atoms with E-state index in [1.807, 2.05) is 24.3 Å². The Morgan fingerprint density at radius 2 is 1.72 bits per heavy atom. The van der Waals surface area contributed by atoms with Gasteiger partial charge in [-0.05, 0) is 42.5 Å². The number of carbonyl (C=O) groups excluding carboxylic acids is 1. The minimum Gasteiger partial charge on any atom is -0.502 e. The molecule has 0 aliphatic carbocycles. The predicted molar refractivity (Wildman–Crippen MR) is 107 cm³/mol. The Balaban J connectivity index is 1.69. The smallest absolute Gasteiger partial charge is 0.289 e. The van der Waals surface area contributed by atoms with Crippen molar-refractivity contribution in [1.29, 1.82) is 0 Å². The third kappa shape index (κ3) is 4.46. The topological polar surface area (TPSA) is 118 Å². The maximum absolute atomic E-state index is 12.3. The molecule has 3 aromatic rings. The molecule has 0 unspecified atom stereocenters. The number of ether oxygens (including phenoxy) is 3. The molecule has 150 valence electrons. The number of aromatic hydroxyl groups is 1. The average molecular weight is 396 g/mol. The van der Waals surface area contributed by atoms with Gasteiger partial charge in [-0.3, -0.25) is 9.89 Å². The zero-order valence-electron chi connectivity index (χ0n) is 16.1. The molecule has 0 aliphatic heterocycles. The molecule has 2 aromatic carbocycles. The fourth-order valence-electron chi connectivity index (χ4n) is 2.56. The van der Waals surface area contributed by atoms with Gasteiger partial charge in [0.15, 0.2) is 11.5 Å². The van der Waals surface area contributed by atoms with E-state index >= 15 is 0 Å². The molecule has 0 atom stereocenters. The molecule has 0 fully saturated rings. The summed E-state index contributed by atoms with van der Waals surface area (Å²) in [6, 6.07) is 12.1. The number of amides is 1. The van der Waals surface area contributed by atoms with Crippen LogP contribution >= 0.6 is 0 Å². The lowest BCUT2D eigenvalue weighted by molar-refractivity contribution is 0.0950. The van der Waals surface area contributed by atoms with Crippen LogP contribution in [0, 0.1) is 0 Å². The molecule has 3 N–H and O–H groups in total. The van der Waals surface area contributed by atoms with E-state index in [-0.39, 0.29) is 22.9 Å². The number of aromatic amines is 1. The molecular formula is C20H20N4O5. The van der Waals surface area contributed by atoms with Crippen LogP contribution in [0.5, 0.6) is 23.0 Å². The molecular weight excluding hydrogens is 376 g/mol. The van der Waals surface area contributed by atoms with Gasteiger partial charge in [0, 0.05) is 11.1 Å². The molecule has 0 radical (unpaired) electrons. The molecule has 1 aromatic heterocycles. The van der Waals surface area contributed by atoms with Crippen LogP contribution in [-0.2, 0) is 0 Å². The number of hydrazone groups is 1. The van der Waals surface area contributed by atoms with E-state index in [4.69, 9.17) is 14.2 Å². The number of phenolic OH excluding ortho intramolecular Hbond substituents is 1. The second kappa shape index (κ2) is 8.79. The SMILES string of the molecule is COc1ccc(-c2cc(C(=O)N/N=C/c3cc(OC)c(O)c(OC)c3)[nH]n2)cc1. The number of aromatic nitrogens is 2. The van der Waals surface area contributed by atoms with Crippen LogP contribution < -0.4 is 19.6 Å². The summed E-state index contributed by atoms with van der Waals surface area (Å²) in [7, 11) is 4.45. The number of H-pyrrole nitrogens is 1. The van der Waals surface area contributed by atoms with Crippen molar-refractivity contribution in [3.8, 4) is 34.3 Å².